The molecule has 2 aromatic rings. The standard InChI is InChI=1S/C13H15N5OS/c14-5-9(8-1-2-8)17-12(19)11-7-20-13(18-11)10-6-15-3-4-16-10/h3-4,6-9H,1-2,5,14H2,(H,17,19). The molecule has 104 valence electrons. The van der Waals surface area contributed by atoms with Crippen LogP contribution in [0.5, 0.6) is 0 Å². The van der Waals surface area contributed by atoms with Crippen molar-refractivity contribution in [3.05, 3.63) is 29.7 Å². The number of nitrogens with zero attached hydrogens (tertiary/aromatic N) is 3. The number of thiazole rings is 1. The van der Waals surface area contributed by atoms with Gasteiger partial charge >= 0.3 is 0 Å². The van der Waals surface area contributed by atoms with Crippen LogP contribution in [0.1, 0.15) is 23.3 Å². The highest BCUT2D eigenvalue weighted by Crippen LogP contribution is 2.32. The van der Waals surface area contributed by atoms with Crippen LogP contribution in [-0.2, 0) is 0 Å². The Morgan fingerprint density at radius 2 is 2.35 bits per heavy atom. The van der Waals surface area contributed by atoms with Crippen molar-refractivity contribution in [1.29, 1.82) is 0 Å². The zero-order valence-corrected chi connectivity index (χ0v) is 11.6. The molecule has 3 N–H and O–H groups in total. The molecular formula is C13H15N5OS. The number of rotatable bonds is 5. The fourth-order valence-corrected chi connectivity index (χ4v) is 2.78. The molecule has 0 spiro atoms. The van der Waals surface area contributed by atoms with Gasteiger partial charge in [0.15, 0.2) is 0 Å². The summed E-state index contributed by atoms with van der Waals surface area (Å²) >= 11 is 1.38. The van der Waals surface area contributed by atoms with Crippen LogP contribution in [0.2, 0.25) is 0 Å². The van der Waals surface area contributed by atoms with Crippen LogP contribution in [0, 0.1) is 5.92 Å². The molecule has 2 heterocycles. The molecule has 0 aliphatic heterocycles. The number of amides is 1. The number of hydrogen-bond acceptors (Lipinski definition) is 6. The van der Waals surface area contributed by atoms with Crippen molar-refractivity contribution in [3.8, 4) is 10.7 Å². The topological polar surface area (TPSA) is 93.8 Å². The van der Waals surface area contributed by atoms with Crippen LogP contribution in [0.15, 0.2) is 24.0 Å². The Morgan fingerprint density at radius 1 is 1.50 bits per heavy atom. The number of hydrogen-bond donors (Lipinski definition) is 2. The Balaban J connectivity index is 1.71. The van der Waals surface area contributed by atoms with Gasteiger partial charge < -0.3 is 11.1 Å². The van der Waals surface area contributed by atoms with Crippen LogP contribution in [0.3, 0.4) is 0 Å². The SMILES string of the molecule is NCC(NC(=O)c1csc(-c2cnccn2)n1)C1CC1. The van der Waals surface area contributed by atoms with Gasteiger partial charge in [0.2, 0.25) is 0 Å². The summed E-state index contributed by atoms with van der Waals surface area (Å²) in [5.41, 5.74) is 6.77. The summed E-state index contributed by atoms with van der Waals surface area (Å²) in [6, 6.07) is 0.0594. The highest BCUT2D eigenvalue weighted by atomic mass is 32.1. The van der Waals surface area contributed by atoms with Gasteiger partial charge in [-0.3, -0.25) is 14.8 Å². The molecule has 1 aliphatic carbocycles. The first-order valence-electron chi connectivity index (χ1n) is 6.51. The number of carbonyl (C=O) groups is 1. The van der Waals surface area contributed by atoms with E-state index in [9.17, 15) is 4.79 Å². The lowest BCUT2D eigenvalue weighted by Crippen LogP contribution is -2.41. The maximum Gasteiger partial charge on any atom is 0.271 e. The van der Waals surface area contributed by atoms with E-state index in [0.717, 1.165) is 12.8 Å². The van der Waals surface area contributed by atoms with Gasteiger partial charge in [0.05, 0.1) is 6.20 Å². The molecule has 0 aromatic carbocycles. The molecule has 0 radical (unpaired) electrons. The summed E-state index contributed by atoms with van der Waals surface area (Å²) in [7, 11) is 0. The van der Waals surface area contributed by atoms with E-state index in [-0.39, 0.29) is 11.9 Å². The van der Waals surface area contributed by atoms with Gasteiger partial charge in [-0.05, 0) is 18.8 Å². The number of nitrogens with two attached hydrogens (primary N) is 1. The zero-order chi connectivity index (χ0) is 13.9. The zero-order valence-electron chi connectivity index (χ0n) is 10.8. The van der Waals surface area contributed by atoms with Crippen LogP contribution >= 0.6 is 11.3 Å². The van der Waals surface area contributed by atoms with Crippen molar-refractivity contribution >= 4 is 17.2 Å². The molecular weight excluding hydrogens is 274 g/mol. The summed E-state index contributed by atoms with van der Waals surface area (Å²) in [4.78, 5) is 24.6. The van der Waals surface area contributed by atoms with E-state index in [1.165, 1.54) is 11.3 Å². The minimum atomic E-state index is -0.168. The molecule has 1 saturated carbocycles. The van der Waals surface area contributed by atoms with E-state index >= 15 is 0 Å². The maximum atomic E-state index is 12.1. The Labute approximate surface area is 120 Å². The first kappa shape index (κ1) is 13.1. The predicted octanol–water partition coefficient (Wildman–Crippen LogP) is 1.07. The van der Waals surface area contributed by atoms with Gasteiger partial charge in [-0.15, -0.1) is 11.3 Å². The van der Waals surface area contributed by atoms with Gasteiger partial charge in [0.25, 0.3) is 5.91 Å². The van der Waals surface area contributed by atoms with E-state index in [1.807, 2.05) is 0 Å². The van der Waals surface area contributed by atoms with Crippen molar-refractivity contribution in [1.82, 2.24) is 20.3 Å². The normalized spacial score (nSPS) is 15.8. The fourth-order valence-electron chi connectivity index (χ4n) is 2.02. The quantitative estimate of drug-likeness (QED) is 0.858. The first-order chi connectivity index (χ1) is 9.78. The lowest BCUT2D eigenvalue weighted by atomic mass is 10.2. The Hall–Kier alpha value is -1.86. The van der Waals surface area contributed by atoms with Gasteiger partial charge in [0, 0.05) is 30.4 Å². The maximum absolute atomic E-state index is 12.1. The molecule has 7 heteroatoms. The third-order valence-corrected chi connectivity index (χ3v) is 4.15. The molecule has 6 nitrogen and oxygen atoms in total. The van der Waals surface area contributed by atoms with Gasteiger partial charge in [-0.2, -0.15) is 0 Å². The average Bonchev–Trinajstić information content (AvgIpc) is 3.21. The molecule has 3 rings (SSSR count). The highest BCUT2D eigenvalue weighted by molar-refractivity contribution is 7.13. The third-order valence-electron chi connectivity index (χ3n) is 3.28. The van der Waals surface area contributed by atoms with Crippen LogP contribution in [0.25, 0.3) is 10.7 Å². The van der Waals surface area contributed by atoms with E-state index in [4.69, 9.17) is 5.73 Å². The predicted molar refractivity (Wildman–Crippen MR) is 76.2 cm³/mol. The minimum absolute atomic E-state index is 0.0594. The molecule has 0 saturated heterocycles. The Morgan fingerprint density at radius 3 is 3.00 bits per heavy atom. The minimum Gasteiger partial charge on any atom is -0.346 e. The summed E-state index contributed by atoms with van der Waals surface area (Å²) in [6.45, 7) is 0.470. The molecule has 0 bridgehead atoms. The summed E-state index contributed by atoms with van der Waals surface area (Å²) in [5.74, 6) is 0.362. The Bertz CT molecular complexity index is 596. The summed E-state index contributed by atoms with van der Waals surface area (Å²) in [5, 5.41) is 5.38. The summed E-state index contributed by atoms with van der Waals surface area (Å²) in [6.07, 6.45) is 7.13. The molecule has 1 atom stereocenters. The molecule has 2 aromatic heterocycles. The van der Waals surface area contributed by atoms with E-state index in [1.54, 1.807) is 24.0 Å². The molecule has 1 fully saturated rings. The van der Waals surface area contributed by atoms with Gasteiger partial charge in [-0.25, -0.2) is 4.98 Å². The van der Waals surface area contributed by atoms with Crippen molar-refractivity contribution in [2.24, 2.45) is 11.7 Å². The number of aromatic nitrogens is 3. The lowest BCUT2D eigenvalue weighted by Gasteiger charge is -2.14. The number of carbonyl (C=O) groups excluding carboxylic acids is 1. The number of nitrogens with one attached hydrogen (secondary N) is 1. The van der Waals surface area contributed by atoms with E-state index in [0.29, 0.717) is 28.9 Å². The van der Waals surface area contributed by atoms with Crippen molar-refractivity contribution in [3.63, 3.8) is 0 Å². The molecule has 1 amide bonds. The van der Waals surface area contributed by atoms with E-state index in [2.05, 4.69) is 20.3 Å². The fraction of sp³-hybridized carbons (Fsp3) is 0.385. The van der Waals surface area contributed by atoms with Gasteiger partial charge in [-0.1, -0.05) is 0 Å². The second kappa shape index (κ2) is 5.64. The third kappa shape index (κ3) is 2.83. The first-order valence-corrected chi connectivity index (χ1v) is 7.38. The van der Waals surface area contributed by atoms with Crippen molar-refractivity contribution in [2.75, 3.05) is 6.54 Å². The van der Waals surface area contributed by atoms with Gasteiger partial charge in [0.1, 0.15) is 16.4 Å². The molecule has 20 heavy (non-hydrogen) atoms. The van der Waals surface area contributed by atoms with Crippen LogP contribution < -0.4 is 11.1 Å². The second-order valence-corrected chi connectivity index (χ2v) is 5.64. The average molecular weight is 289 g/mol. The highest BCUT2D eigenvalue weighted by Gasteiger charge is 2.31. The van der Waals surface area contributed by atoms with E-state index < -0.39 is 0 Å². The smallest absolute Gasteiger partial charge is 0.271 e. The second-order valence-electron chi connectivity index (χ2n) is 4.78. The van der Waals surface area contributed by atoms with Crippen LogP contribution in [-0.4, -0.2) is 33.4 Å². The Kier molecular flexibility index (Phi) is 3.70. The van der Waals surface area contributed by atoms with Crippen LogP contribution in [0.4, 0.5) is 0 Å². The van der Waals surface area contributed by atoms with Crippen molar-refractivity contribution in [2.45, 2.75) is 18.9 Å². The van der Waals surface area contributed by atoms with Crippen molar-refractivity contribution < 1.29 is 4.79 Å². The monoisotopic (exact) mass is 289 g/mol. The lowest BCUT2D eigenvalue weighted by molar-refractivity contribution is 0.0929. The largest absolute Gasteiger partial charge is 0.346 e. The molecule has 1 aliphatic rings. The summed E-state index contributed by atoms with van der Waals surface area (Å²) < 4.78 is 0. The molecule has 1 unspecified atom stereocenters.